The second kappa shape index (κ2) is 12.4. The predicted molar refractivity (Wildman–Crippen MR) is 136 cm³/mol. The molecule has 1 saturated heterocycles. The standard InChI is InChI=1S/C27H39N5O/c1-5-20(2)30-26(33)24-13-9-12-23(17-24)18-29-27(28-4)31-25-14-15-32(21(3)16-25)19-22-10-7-6-8-11-22/h6-13,17,20-21,25H,5,14-16,18-19H2,1-4H3,(H,30,33)(H2,28,29,31). The topological polar surface area (TPSA) is 68.8 Å². The van der Waals surface area contributed by atoms with Crippen molar-refractivity contribution in [3.05, 3.63) is 71.3 Å². The fourth-order valence-electron chi connectivity index (χ4n) is 4.21. The number of nitrogens with zero attached hydrogens (tertiary/aromatic N) is 2. The average molecular weight is 450 g/mol. The van der Waals surface area contributed by atoms with Crippen LogP contribution in [-0.2, 0) is 13.1 Å². The Morgan fingerprint density at radius 1 is 1.15 bits per heavy atom. The van der Waals surface area contributed by atoms with Gasteiger partial charge in [-0.3, -0.25) is 14.7 Å². The molecular formula is C27H39N5O. The van der Waals surface area contributed by atoms with Gasteiger partial charge in [-0.2, -0.15) is 0 Å². The highest BCUT2D eigenvalue weighted by Gasteiger charge is 2.26. The lowest BCUT2D eigenvalue weighted by Gasteiger charge is -2.38. The Morgan fingerprint density at radius 3 is 2.61 bits per heavy atom. The maximum absolute atomic E-state index is 12.4. The van der Waals surface area contributed by atoms with E-state index in [1.165, 1.54) is 5.56 Å². The van der Waals surface area contributed by atoms with Gasteiger partial charge >= 0.3 is 0 Å². The van der Waals surface area contributed by atoms with E-state index in [0.717, 1.165) is 43.9 Å². The summed E-state index contributed by atoms with van der Waals surface area (Å²) in [5.41, 5.74) is 3.12. The van der Waals surface area contributed by atoms with E-state index in [4.69, 9.17) is 0 Å². The van der Waals surface area contributed by atoms with Crippen molar-refractivity contribution in [1.82, 2.24) is 20.9 Å². The number of amides is 1. The number of likely N-dealkylation sites (tertiary alicyclic amines) is 1. The van der Waals surface area contributed by atoms with E-state index in [-0.39, 0.29) is 11.9 Å². The number of benzene rings is 2. The fourth-order valence-corrected chi connectivity index (χ4v) is 4.21. The quantitative estimate of drug-likeness (QED) is 0.422. The van der Waals surface area contributed by atoms with Gasteiger partial charge in [0.2, 0.25) is 0 Å². The van der Waals surface area contributed by atoms with Crippen LogP contribution in [0.15, 0.2) is 59.6 Å². The third kappa shape index (κ3) is 7.60. The Labute approximate surface area is 198 Å². The molecule has 178 valence electrons. The molecule has 2 aromatic rings. The molecule has 1 heterocycles. The molecule has 1 aliphatic heterocycles. The first kappa shape index (κ1) is 24.8. The van der Waals surface area contributed by atoms with E-state index in [1.54, 1.807) is 7.05 Å². The molecule has 2 aromatic carbocycles. The number of carbonyl (C=O) groups excluding carboxylic acids is 1. The van der Waals surface area contributed by atoms with Crippen LogP contribution >= 0.6 is 0 Å². The first-order chi connectivity index (χ1) is 16.0. The van der Waals surface area contributed by atoms with Gasteiger partial charge in [0.25, 0.3) is 5.91 Å². The molecule has 1 aliphatic rings. The van der Waals surface area contributed by atoms with Gasteiger partial charge in [0.1, 0.15) is 0 Å². The van der Waals surface area contributed by atoms with Crippen molar-refractivity contribution < 1.29 is 4.79 Å². The molecule has 0 radical (unpaired) electrons. The molecule has 0 aliphatic carbocycles. The number of hydrogen-bond donors (Lipinski definition) is 3. The Morgan fingerprint density at radius 2 is 1.91 bits per heavy atom. The molecule has 6 nitrogen and oxygen atoms in total. The molecule has 1 amide bonds. The minimum absolute atomic E-state index is 0.0232. The Hall–Kier alpha value is -2.86. The van der Waals surface area contributed by atoms with Crippen molar-refractivity contribution in [3.63, 3.8) is 0 Å². The molecule has 3 atom stereocenters. The summed E-state index contributed by atoms with van der Waals surface area (Å²) in [7, 11) is 1.80. The van der Waals surface area contributed by atoms with Crippen LogP contribution in [0, 0.1) is 0 Å². The maximum Gasteiger partial charge on any atom is 0.251 e. The van der Waals surface area contributed by atoms with Crippen LogP contribution in [0.5, 0.6) is 0 Å². The Bertz CT molecular complexity index is 914. The van der Waals surface area contributed by atoms with Crippen LogP contribution in [0.1, 0.15) is 61.5 Å². The van der Waals surface area contributed by atoms with Gasteiger partial charge in [0.05, 0.1) is 0 Å². The van der Waals surface area contributed by atoms with Crippen molar-refractivity contribution >= 4 is 11.9 Å². The van der Waals surface area contributed by atoms with Crippen molar-refractivity contribution in [2.45, 2.75) is 71.2 Å². The van der Waals surface area contributed by atoms with Gasteiger partial charge < -0.3 is 16.0 Å². The smallest absolute Gasteiger partial charge is 0.251 e. The van der Waals surface area contributed by atoms with Gasteiger partial charge in [-0.1, -0.05) is 49.4 Å². The first-order valence-electron chi connectivity index (χ1n) is 12.1. The van der Waals surface area contributed by atoms with E-state index >= 15 is 0 Å². The SMILES string of the molecule is CCC(C)NC(=O)c1cccc(CNC(=NC)NC2CCN(Cc3ccccc3)C(C)C2)c1. The van der Waals surface area contributed by atoms with E-state index in [1.807, 2.05) is 31.2 Å². The first-order valence-corrected chi connectivity index (χ1v) is 12.1. The Balaban J connectivity index is 1.48. The molecule has 3 rings (SSSR count). The number of carbonyl (C=O) groups is 1. The van der Waals surface area contributed by atoms with Gasteiger partial charge in [-0.25, -0.2) is 0 Å². The highest BCUT2D eigenvalue weighted by Crippen LogP contribution is 2.20. The summed E-state index contributed by atoms with van der Waals surface area (Å²) in [5, 5.41) is 10.0. The molecule has 0 saturated carbocycles. The van der Waals surface area contributed by atoms with Gasteiger partial charge in [0, 0.05) is 50.4 Å². The summed E-state index contributed by atoms with van der Waals surface area (Å²) in [4.78, 5) is 19.4. The molecule has 3 N–H and O–H groups in total. The lowest BCUT2D eigenvalue weighted by Crippen LogP contribution is -2.51. The lowest BCUT2D eigenvalue weighted by atomic mass is 9.97. The molecule has 0 aromatic heterocycles. The molecule has 1 fully saturated rings. The minimum Gasteiger partial charge on any atom is -0.354 e. The monoisotopic (exact) mass is 449 g/mol. The van der Waals surface area contributed by atoms with Crippen molar-refractivity contribution in [1.29, 1.82) is 0 Å². The molecule has 3 unspecified atom stereocenters. The van der Waals surface area contributed by atoms with Crippen LogP contribution in [0.4, 0.5) is 0 Å². The third-order valence-electron chi connectivity index (χ3n) is 6.45. The number of nitrogens with one attached hydrogen (secondary N) is 3. The number of hydrogen-bond acceptors (Lipinski definition) is 3. The Kier molecular flexibility index (Phi) is 9.31. The van der Waals surface area contributed by atoms with Gasteiger partial charge in [-0.05, 0) is 56.4 Å². The van der Waals surface area contributed by atoms with Crippen LogP contribution in [-0.4, -0.2) is 48.5 Å². The summed E-state index contributed by atoms with van der Waals surface area (Å²) >= 11 is 0. The highest BCUT2D eigenvalue weighted by molar-refractivity contribution is 5.94. The number of rotatable bonds is 8. The minimum atomic E-state index is -0.0232. The molecule has 0 bridgehead atoms. The van der Waals surface area contributed by atoms with E-state index < -0.39 is 0 Å². The average Bonchev–Trinajstić information content (AvgIpc) is 2.84. The number of guanidine groups is 1. The number of aliphatic imine (C=N–C) groups is 1. The molecule has 33 heavy (non-hydrogen) atoms. The van der Waals surface area contributed by atoms with Crippen LogP contribution in [0.3, 0.4) is 0 Å². The summed E-state index contributed by atoms with van der Waals surface area (Å²) in [6.45, 7) is 9.08. The normalized spacial score (nSPS) is 20.2. The zero-order chi connectivity index (χ0) is 23.6. The summed E-state index contributed by atoms with van der Waals surface area (Å²) < 4.78 is 0. The second-order valence-corrected chi connectivity index (χ2v) is 9.08. The zero-order valence-electron chi connectivity index (χ0n) is 20.5. The zero-order valence-corrected chi connectivity index (χ0v) is 20.5. The van der Waals surface area contributed by atoms with Crippen LogP contribution in [0.25, 0.3) is 0 Å². The van der Waals surface area contributed by atoms with Crippen LogP contribution < -0.4 is 16.0 Å². The fraction of sp³-hybridized carbons (Fsp3) is 0.481. The van der Waals surface area contributed by atoms with Crippen molar-refractivity contribution in [2.24, 2.45) is 4.99 Å². The van der Waals surface area contributed by atoms with E-state index in [9.17, 15) is 4.79 Å². The maximum atomic E-state index is 12.4. The highest BCUT2D eigenvalue weighted by atomic mass is 16.1. The van der Waals surface area contributed by atoms with Gasteiger partial charge in [-0.15, -0.1) is 0 Å². The molecule has 0 spiro atoms. The predicted octanol–water partition coefficient (Wildman–Crippen LogP) is 3.93. The summed E-state index contributed by atoms with van der Waals surface area (Å²) in [6.07, 6.45) is 3.08. The van der Waals surface area contributed by atoms with Crippen LogP contribution in [0.2, 0.25) is 0 Å². The third-order valence-corrected chi connectivity index (χ3v) is 6.45. The molecule has 6 heteroatoms. The van der Waals surface area contributed by atoms with Gasteiger partial charge in [0.15, 0.2) is 5.96 Å². The van der Waals surface area contributed by atoms with Crippen molar-refractivity contribution in [3.8, 4) is 0 Å². The molecular weight excluding hydrogens is 410 g/mol. The summed E-state index contributed by atoms with van der Waals surface area (Å²) in [5.74, 6) is 0.781. The second-order valence-electron chi connectivity index (χ2n) is 9.08. The van der Waals surface area contributed by atoms with Crippen molar-refractivity contribution in [2.75, 3.05) is 13.6 Å². The van der Waals surface area contributed by atoms with E-state index in [2.05, 4.69) is 70.0 Å². The number of piperidine rings is 1. The largest absolute Gasteiger partial charge is 0.354 e. The summed E-state index contributed by atoms with van der Waals surface area (Å²) in [6, 6.07) is 19.5. The van der Waals surface area contributed by atoms with E-state index in [0.29, 0.717) is 24.2 Å². The lowest BCUT2D eigenvalue weighted by molar-refractivity contribution is 0.0939.